The quantitative estimate of drug-likeness (QED) is 0.356. The van der Waals surface area contributed by atoms with E-state index in [2.05, 4.69) is 22.0 Å². The summed E-state index contributed by atoms with van der Waals surface area (Å²) in [5.74, 6) is -0.0316. The minimum Gasteiger partial charge on any atom is -0.419 e. The molecule has 0 spiro atoms. The Hall–Kier alpha value is -3.49. The fraction of sp³-hybridized carbons (Fsp3) is 0.222. The highest BCUT2D eigenvalue weighted by Crippen LogP contribution is 2.35. The Balaban J connectivity index is 1.46. The summed E-state index contributed by atoms with van der Waals surface area (Å²) in [6.45, 7) is 5.52. The summed E-state index contributed by atoms with van der Waals surface area (Å²) in [5.41, 5.74) is 3.01. The first-order valence-electron chi connectivity index (χ1n) is 11.5. The van der Waals surface area contributed by atoms with Crippen LogP contribution in [0.2, 0.25) is 0 Å². The SMILES string of the molecule is Cc1ccc(-c2nc(S(=O)(=O)c3ccc(F)cc3)c(N3CCN(Cc4ccccc4)CC3)o2)cc1. The third-order valence-electron chi connectivity index (χ3n) is 6.16. The van der Waals surface area contributed by atoms with Gasteiger partial charge in [-0.25, -0.2) is 12.8 Å². The summed E-state index contributed by atoms with van der Waals surface area (Å²) < 4.78 is 46.6. The molecule has 2 heterocycles. The molecule has 0 amide bonds. The maximum Gasteiger partial charge on any atom is 0.236 e. The summed E-state index contributed by atoms with van der Waals surface area (Å²) in [5, 5.41) is -0.142. The molecule has 0 N–H and O–H groups in total. The van der Waals surface area contributed by atoms with E-state index in [0.717, 1.165) is 37.3 Å². The Labute approximate surface area is 204 Å². The van der Waals surface area contributed by atoms with E-state index < -0.39 is 15.7 Å². The van der Waals surface area contributed by atoms with Crippen LogP contribution in [-0.2, 0) is 16.4 Å². The van der Waals surface area contributed by atoms with E-state index in [-0.39, 0.29) is 21.7 Å². The van der Waals surface area contributed by atoms with Crippen LogP contribution in [0.15, 0.2) is 93.2 Å². The molecule has 6 nitrogen and oxygen atoms in total. The highest BCUT2D eigenvalue weighted by molar-refractivity contribution is 7.91. The van der Waals surface area contributed by atoms with Gasteiger partial charge in [0.25, 0.3) is 0 Å². The van der Waals surface area contributed by atoms with Gasteiger partial charge in [0.1, 0.15) is 5.82 Å². The van der Waals surface area contributed by atoms with Gasteiger partial charge in [-0.1, -0.05) is 48.0 Å². The normalized spacial score (nSPS) is 14.9. The molecule has 0 saturated carbocycles. The predicted octanol–water partition coefficient (Wildman–Crippen LogP) is 4.94. The summed E-state index contributed by atoms with van der Waals surface area (Å²) >= 11 is 0. The second-order valence-corrected chi connectivity index (χ2v) is 10.6. The Bertz CT molecular complexity index is 1390. The van der Waals surface area contributed by atoms with Crippen molar-refractivity contribution in [2.24, 2.45) is 0 Å². The minimum atomic E-state index is -4.02. The van der Waals surface area contributed by atoms with Crippen LogP contribution in [-0.4, -0.2) is 44.5 Å². The largest absolute Gasteiger partial charge is 0.419 e. The number of hydrogen-bond donors (Lipinski definition) is 0. The molecule has 0 unspecified atom stereocenters. The van der Waals surface area contributed by atoms with Crippen molar-refractivity contribution in [3.63, 3.8) is 0 Å². The molecule has 0 atom stereocenters. The van der Waals surface area contributed by atoms with Crippen LogP contribution in [0.25, 0.3) is 11.5 Å². The summed E-state index contributed by atoms with van der Waals surface area (Å²) in [6.07, 6.45) is 0. The predicted molar refractivity (Wildman–Crippen MR) is 132 cm³/mol. The second kappa shape index (κ2) is 9.64. The fourth-order valence-electron chi connectivity index (χ4n) is 4.17. The van der Waals surface area contributed by atoms with E-state index in [9.17, 15) is 12.8 Å². The number of sulfone groups is 1. The van der Waals surface area contributed by atoms with Crippen molar-refractivity contribution in [2.45, 2.75) is 23.4 Å². The van der Waals surface area contributed by atoms with Crippen molar-refractivity contribution in [2.75, 3.05) is 31.1 Å². The molecule has 1 aliphatic heterocycles. The average molecular weight is 492 g/mol. The van der Waals surface area contributed by atoms with Crippen LogP contribution in [0.5, 0.6) is 0 Å². The van der Waals surface area contributed by atoms with Crippen molar-refractivity contribution < 1.29 is 17.2 Å². The molecule has 1 fully saturated rings. The molecule has 0 aliphatic carbocycles. The number of nitrogens with zero attached hydrogens (tertiary/aromatic N) is 3. The number of aromatic nitrogens is 1. The summed E-state index contributed by atoms with van der Waals surface area (Å²) in [7, 11) is -4.02. The van der Waals surface area contributed by atoms with Crippen molar-refractivity contribution in [3.05, 3.63) is 95.8 Å². The van der Waals surface area contributed by atoms with Crippen LogP contribution in [0.1, 0.15) is 11.1 Å². The molecule has 5 rings (SSSR count). The maximum atomic E-state index is 13.5. The lowest BCUT2D eigenvalue weighted by Crippen LogP contribution is -2.46. The highest BCUT2D eigenvalue weighted by atomic mass is 32.2. The van der Waals surface area contributed by atoms with Gasteiger partial charge in [-0.3, -0.25) is 4.90 Å². The zero-order valence-electron chi connectivity index (χ0n) is 19.4. The van der Waals surface area contributed by atoms with Crippen molar-refractivity contribution in [3.8, 4) is 11.5 Å². The molecule has 1 aliphatic rings. The van der Waals surface area contributed by atoms with Gasteiger partial charge in [0.2, 0.25) is 26.6 Å². The van der Waals surface area contributed by atoms with E-state index in [0.29, 0.717) is 18.7 Å². The standard InChI is InChI=1S/C27H26FN3O3S/c1-20-7-9-22(10-8-20)25-29-26(35(32,33)24-13-11-23(28)12-14-24)27(34-25)31-17-15-30(16-18-31)19-21-5-3-2-4-6-21/h2-14H,15-19H2,1H3. The molecule has 35 heavy (non-hydrogen) atoms. The monoisotopic (exact) mass is 491 g/mol. The first-order chi connectivity index (χ1) is 16.9. The third-order valence-corrected chi connectivity index (χ3v) is 7.83. The van der Waals surface area contributed by atoms with Crippen LogP contribution in [0, 0.1) is 12.7 Å². The lowest BCUT2D eigenvalue weighted by Gasteiger charge is -2.34. The van der Waals surface area contributed by atoms with E-state index >= 15 is 0 Å². The van der Waals surface area contributed by atoms with Crippen molar-refractivity contribution >= 4 is 15.7 Å². The lowest BCUT2D eigenvalue weighted by molar-refractivity contribution is 0.245. The van der Waals surface area contributed by atoms with Gasteiger partial charge < -0.3 is 9.32 Å². The van der Waals surface area contributed by atoms with Crippen LogP contribution in [0.4, 0.5) is 10.3 Å². The van der Waals surface area contributed by atoms with Gasteiger partial charge in [-0.15, -0.1) is 0 Å². The Kier molecular flexibility index (Phi) is 6.40. The van der Waals surface area contributed by atoms with E-state index in [1.165, 1.54) is 17.7 Å². The summed E-state index contributed by atoms with van der Waals surface area (Å²) in [6, 6.07) is 22.6. The zero-order chi connectivity index (χ0) is 24.4. The molecule has 8 heteroatoms. The van der Waals surface area contributed by atoms with Gasteiger partial charge in [0.05, 0.1) is 4.90 Å². The molecule has 0 radical (unpaired) electrons. The third kappa shape index (κ3) is 4.99. The fourth-order valence-corrected chi connectivity index (χ4v) is 5.49. The zero-order valence-corrected chi connectivity index (χ0v) is 20.2. The molecule has 3 aromatic carbocycles. The van der Waals surface area contributed by atoms with Crippen LogP contribution < -0.4 is 4.90 Å². The number of aryl methyl sites for hydroxylation is 1. The molecule has 0 bridgehead atoms. The average Bonchev–Trinajstić information content (AvgIpc) is 3.32. The number of halogens is 1. The molecule has 4 aromatic rings. The van der Waals surface area contributed by atoms with Gasteiger partial charge >= 0.3 is 0 Å². The molecular weight excluding hydrogens is 465 g/mol. The summed E-state index contributed by atoms with van der Waals surface area (Å²) in [4.78, 5) is 8.68. The molecule has 180 valence electrons. The number of hydrogen-bond acceptors (Lipinski definition) is 6. The molecule has 1 saturated heterocycles. The maximum absolute atomic E-state index is 13.5. The number of benzene rings is 3. The highest BCUT2D eigenvalue weighted by Gasteiger charge is 2.33. The van der Waals surface area contributed by atoms with E-state index in [1.807, 2.05) is 54.3 Å². The van der Waals surface area contributed by atoms with E-state index in [1.54, 1.807) is 0 Å². The first kappa shape index (κ1) is 23.3. The van der Waals surface area contributed by atoms with Crippen LogP contribution in [0.3, 0.4) is 0 Å². The lowest BCUT2D eigenvalue weighted by atomic mass is 10.1. The van der Waals surface area contributed by atoms with Gasteiger partial charge in [0.15, 0.2) is 0 Å². The molecular formula is C27H26FN3O3S. The van der Waals surface area contributed by atoms with E-state index in [4.69, 9.17) is 4.42 Å². The number of oxazole rings is 1. The van der Waals surface area contributed by atoms with Gasteiger partial charge in [0, 0.05) is 38.3 Å². The topological polar surface area (TPSA) is 66.7 Å². The second-order valence-electron chi connectivity index (χ2n) is 8.70. The number of piperazine rings is 1. The smallest absolute Gasteiger partial charge is 0.236 e. The minimum absolute atomic E-state index is 0.0216. The molecule has 1 aromatic heterocycles. The van der Waals surface area contributed by atoms with Gasteiger partial charge in [-0.2, -0.15) is 4.98 Å². The van der Waals surface area contributed by atoms with Crippen molar-refractivity contribution in [1.29, 1.82) is 0 Å². The Morgan fingerprint density at radius 2 is 1.54 bits per heavy atom. The number of anilines is 1. The Morgan fingerprint density at radius 3 is 2.20 bits per heavy atom. The van der Waals surface area contributed by atoms with Gasteiger partial charge in [-0.05, 0) is 48.9 Å². The Morgan fingerprint density at radius 1 is 0.886 bits per heavy atom. The number of rotatable bonds is 6. The van der Waals surface area contributed by atoms with Crippen molar-refractivity contribution in [1.82, 2.24) is 9.88 Å². The first-order valence-corrected chi connectivity index (χ1v) is 13.0. The van der Waals surface area contributed by atoms with Crippen LogP contribution >= 0.6 is 0 Å².